The van der Waals surface area contributed by atoms with Gasteiger partial charge in [-0.25, -0.2) is 0 Å². The summed E-state index contributed by atoms with van der Waals surface area (Å²) in [7, 11) is 0. The smallest absolute Gasteiger partial charge is 0.225 e. The molecule has 0 radical (unpaired) electrons. The highest BCUT2D eigenvalue weighted by atomic mass is 32.1. The van der Waals surface area contributed by atoms with E-state index in [1.54, 1.807) is 0 Å². The zero-order valence-corrected chi connectivity index (χ0v) is 13.6. The molecule has 1 heterocycles. The minimum atomic E-state index is -0.731. The topological polar surface area (TPSA) is 46.4 Å². The lowest BCUT2D eigenvalue weighted by molar-refractivity contribution is -0.586. The molecular weight excluding hydrogens is 296 g/mol. The summed E-state index contributed by atoms with van der Waals surface area (Å²) in [5, 5.41) is 11.8. The summed E-state index contributed by atoms with van der Waals surface area (Å²) in [5.74, 6) is 0.0928. The minimum absolute atomic E-state index is 0.0115. The Morgan fingerprint density at radius 1 is 1.18 bits per heavy atom. The van der Waals surface area contributed by atoms with Crippen LogP contribution in [0.2, 0.25) is 0 Å². The van der Waals surface area contributed by atoms with Crippen LogP contribution in [0.5, 0.6) is 0 Å². The molecule has 0 N–H and O–H groups in total. The third kappa shape index (κ3) is 2.74. The van der Waals surface area contributed by atoms with Gasteiger partial charge in [0.2, 0.25) is 5.54 Å². The fourth-order valence-electron chi connectivity index (χ4n) is 4.08. The zero-order valence-electron chi connectivity index (χ0n) is 12.7. The van der Waals surface area contributed by atoms with Gasteiger partial charge in [-0.1, -0.05) is 36.8 Å². The summed E-state index contributed by atoms with van der Waals surface area (Å²) in [5.41, 5.74) is 0.371. The Hall–Kier alpha value is -1.49. The number of rotatable bonds is 3. The zero-order chi connectivity index (χ0) is 15.6. The number of nitro groups is 1. The Bertz CT molecular complexity index is 555. The second-order valence-electron chi connectivity index (χ2n) is 6.49. The van der Waals surface area contributed by atoms with Crippen LogP contribution in [0.4, 0.5) is 5.69 Å². The normalized spacial score (nSPS) is 25.0. The van der Waals surface area contributed by atoms with Gasteiger partial charge in [0.15, 0.2) is 0 Å². The van der Waals surface area contributed by atoms with Crippen molar-refractivity contribution in [2.45, 2.75) is 50.5 Å². The maximum absolute atomic E-state index is 11.8. The summed E-state index contributed by atoms with van der Waals surface area (Å²) < 4.78 is 0. The molecule has 1 saturated carbocycles. The first-order valence-electron chi connectivity index (χ1n) is 8.13. The number of anilines is 1. The molecule has 1 aliphatic carbocycles. The van der Waals surface area contributed by atoms with Gasteiger partial charge in [0.05, 0.1) is 4.99 Å². The Balaban J connectivity index is 1.76. The van der Waals surface area contributed by atoms with Crippen molar-refractivity contribution in [3.8, 4) is 0 Å². The molecule has 1 aliphatic heterocycles. The van der Waals surface area contributed by atoms with Crippen LogP contribution in [-0.2, 0) is 0 Å². The summed E-state index contributed by atoms with van der Waals surface area (Å²) in [6, 6.07) is 10.1. The maximum atomic E-state index is 11.8. The summed E-state index contributed by atoms with van der Waals surface area (Å²) in [6.07, 6.45) is 6.06. The summed E-state index contributed by atoms with van der Waals surface area (Å²) in [4.78, 5) is 14.8. The molecule has 0 bridgehead atoms. The molecule has 4 nitrogen and oxygen atoms in total. The van der Waals surface area contributed by atoms with Crippen molar-refractivity contribution in [1.29, 1.82) is 0 Å². The van der Waals surface area contributed by atoms with Gasteiger partial charge in [0, 0.05) is 42.3 Å². The van der Waals surface area contributed by atoms with Crippen molar-refractivity contribution in [1.82, 2.24) is 0 Å². The molecule has 0 aromatic heterocycles. The highest BCUT2D eigenvalue weighted by molar-refractivity contribution is 7.80. The predicted molar refractivity (Wildman–Crippen MR) is 91.9 cm³/mol. The van der Waals surface area contributed by atoms with Crippen LogP contribution < -0.4 is 4.90 Å². The van der Waals surface area contributed by atoms with Gasteiger partial charge >= 0.3 is 0 Å². The van der Waals surface area contributed by atoms with Crippen LogP contribution in [0.25, 0.3) is 0 Å². The maximum Gasteiger partial charge on any atom is 0.225 e. The Labute approximate surface area is 136 Å². The lowest BCUT2D eigenvalue weighted by Crippen LogP contribution is -2.52. The first-order valence-corrected chi connectivity index (χ1v) is 8.54. The van der Waals surface area contributed by atoms with Gasteiger partial charge in [0.1, 0.15) is 0 Å². The van der Waals surface area contributed by atoms with Gasteiger partial charge in [-0.15, -0.1) is 0 Å². The standard InChI is InChI=1S/C17H22N2O2S/c20-19(21)17(10-5-2-6-11-17)14-9-12-18(16(22)13-14)15-7-3-1-4-8-15/h1,3-4,7-8,14H,2,5-6,9-13H2/t14-/m1/s1. The monoisotopic (exact) mass is 318 g/mol. The largest absolute Gasteiger partial charge is 0.336 e. The van der Waals surface area contributed by atoms with E-state index >= 15 is 0 Å². The number of piperidine rings is 1. The number of hydrogen-bond acceptors (Lipinski definition) is 3. The molecule has 1 aromatic rings. The molecule has 2 fully saturated rings. The van der Waals surface area contributed by atoms with E-state index in [-0.39, 0.29) is 10.8 Å². The molecular formula is C17H22N2O2S. The van der Waals surface area contributed by atoms with Crippen LogP contribution in [-0.4, -0.2) is 22.0 Å². The van der Waals surface area contributed by atoms with Crippen LogP contribution in [0.15, 0.2) is 30.3 Å². The molecule has 1 aromatic carbocycles. The lowest BCUT2D eigenvalue weighted by Gasteiger charge is -2.41. The molecule has 1 atom stereocenters. The van der Waals surface area contributed by atoms with E-state index in [1.165, 1.54) is 0 Å². The Kier molecular flexibility index (Phi) is 4.43. The van der Waals surface area contributed by atoms with Gasteiger partial charge in [0.25, 0.3) is 0 Å². The van der Waals surface area contributed by atoms with E-state index in [9.17, 15) is 10.1 Å². The second-order valence-corrected chi connectivity index (χ2v) is 6.96. The van der Waals surface area contributed by atoms with Crippen molar-refractivity contribution in [3.05, 3.63) is 40.4 Å². The second kappa shape index (κ2) is 6.32. The van der Waals surface area contributed by atoms with Gasteiger partial charge in [-0.3, -0.25) is 10.1 Å². The highest BCUT2D eigenvalue weighted by Crippen LogP contribution is 2.42. The Morgan fingerprint density at radius 3 is 2.45 bits per heavy atom. The average molecular weight is 318 g/mol. The van der Waals surface area contributed by atoms with E-state index in [4.69, 9.17) is 12.2 Å². The molecule has 3 rings (SSSR count). The van der Waals surface area contributed by atoms with E-state index in [1.807, 2.05) is 18.2 Å². The van der Waals surface area contributed by atoms with Crippen molar-refractivity contribution in [2.24, 2.45) is 5.92 Å². The number of benzene rings is 1. The summed E-state index contributed by atoms with van der Waals surface area (Å²) >= 11 is 5.60. The van der Waals surface area contributed by atoms with E-state index in [0.717, 1.165) is 55.7 Å². The average Bonchev–Trinajstić information content (AvgIpc) is 2.56. The minimum Gasteiger partial charge on any atom is -0.336 e. The first kappa shape index (κ1) is 15.4. The number of thiocarbonyl (C=S) groups is 1. The highest BCUT2D eigenvalue weighted by Gasteiger charge is 2.52. The Morgan fingerprint density at radius 2 is 1.86 bits per heavy atom. The van der Waals surface area contributed by atoms with E-state index < -0.39 is 5.54 Å². The van der Waals surface area contributed by atoms with Gasteiger partial charge in [-0.05, 0) is 31.4 Å². The molecule has 22 heavy (non-hydrogen) atoms. The van der Waals surface area contributed by atoms with Crippen molar-refractivity contribution >= 4 is 22.9 Å². The van der Waals surface area contributed by atoms with Gasteiger partial charge < -0.3 is 4.90 Å². The molecule has 5 heteroatoms. The van der Waals surface area contributed by atoms with Crippen LogP contribution in [0.1, 0.15) is 44.9 Å². The number of hydrogen-bond donors (Lipinski definition) is 0. The molecule has 2 aliphatic rings. The summed E-state index contributed by atoms with van der Waals surface area (Å²) in [6.45, 7) is 0.795. The first-order chi connectivity index (χ1) is 10.6. The van der Waals surface area contributed by atoms with E-state index in [2.05, 4.69) is 17.0 Å². The predicted octanol–water partition coefficient (Wildman–Crippen LogP) is 4.21. The molecule has 0 unspecified atom stereocenters. The quantitative estimate of drug-likeness (QED) is 0.476. The number of nitrogens with zero attached hydrogens (tertiary/aromatic N) is 2. The third-order valence-electron chi connectivity index (χ3n) is 5.33. The lowest BCUT2D eigenvalue weighted by atomic mass is 9.69. The van der Waals surface area contributed by atoms with E-state index in [0.29, 0.717) is 6.42 Å². The molecule has 0 spiro atoms. The van der Waals surface area contributed by atoms with Crippen molar-refractivity contribution in [3.63, 3.8) is 0 Å². The van der Waals surface area contributed by atoms with Crippen LogP contribution >= 0.6 is 12.2 Å². The SMILES string of the molecule is O=[N+]([O-])C1([C@@H]2CCN(c3ccccc3)C(=S)C2)CCCCC1. The fraction of sp³-hybridized carbons (Fsp3) is 0.588. The van der Waals surface area contributed by atoms with Crippen LogP contribution in [0.3, 0.4) is 0 Å². The molecule has 118 valence electrons. The fourth-order valence-corrected chi connectivity index (χ4v) is 4.47. The molecule has 0 amide bonds. The van der Waals surface area contributed by atoms with Crippen molar-refractivity contribution < 1.29 is 4.92 Å². The third-order valence-corrected chi connectivity index (χ3v) is 5.72. The van der Waals surface area contributed by atoms with Crippen LogP contribution in [0, 0.1) is 16.0 Å². The van der Waals surface area contributed by atoms with Crippen molar-refractivity contribution in [2.75, 3.05) is 11.4 Å². The number of para-hydroxylation sites is 1. The van der Waals surface area contributed by atoms with Gasteiger partial charge in [-0.2, -0.15) is 0 Å². The molecule has 1 saturated heterocycles.